The number of hydrogen-bond acceptors (Lipinski definition) is 4. The van der Waals surface area contributed by atoms with Crippen molar-refractivity contribution < 1.29 is 19.1 Å². The van der Waals surface area contributed by atoms with Crippen LogP contribution < -0.4 is 10.6 Å². The summed E-state index contributed by atoms with van der Waals surface area (Å²) >= 11 is 0. The molecular formula is C25H41N3O4. The second-order valence-electron chi connectivity index (χ2n) is 9.83. The van der Waals surface area contributed by atoms with Crippen LogP contribution in [-0.4, -0.2) is 46.5 Å². The topological polar surface area (TPSA) is 87.7 Å². The highest BCUT2D eigenvalue weighted by atomic mass is 16.6. The van der Waals surface area contributed by atoms with Crippen LogP contribution in [0.25, 0.3) is 0 Å². The van der Waals surface area contributed by atoms with Crippen molar-refractivity contribution in [2.75, 3.05) is 0 Å². The van der Waals surface area contributed by atoms with Gasteiger partial charge >= 0.3 is 6.09 Å². The molecule has 3 unspecified atom stereocenters. The summed E-state index contributed by atoms with van der Waals surface area (Å²) in [7, 11) is 0. The Bertz CT molecular complexity index is 756. The lowest BCUT2D eigenvalue weighted by molar-refractivity contribution is -0.145. The van der Waals surface area contributed by atoms with Crippen molar-refractivity contribution in [3.63, 3.8) is 0 Å². The SMILES string of the molecule is CCC(C)C(NC(=O)OC(C)(C)C)C(=O)N(C(C)C)C(C(=O)NC(C)C)c1ccccc1. The van der Waals surface area contributed by atoms with Crippen LogP contribution in [0.4, 0.5) is 4.79 Å². The number of nitrogens with one attached hydrogen (secondary N) is 2. The molecule has 180 valence electrons. The summed E-state index contributed by atoms with van der Waals surface area (Å²) in [6.45, 7) is 16.7. The lowest BCUT2D eigenvalue weighted by Crippen LogP contribution is -2.57. The molecule has 2 N–H and O–H groups in total. The molecule has 1 rings (SSSR count). The Morgan fingerprint density at radius 1 is 0.969 bits per heavy atom. The van der Waals surface area contributed by atoms with Crippen LogP contribution in [0.3, 0.4) is 0 Å². The Kier molecular flexibility index (Phi) is 10.2. The highest BCUT2D eigenvalue weighted by molar-refractivity contribution is 5.92. The van der Waals surface area contributed by atoms with Crippen LogP contribution in [0.2, 0.25) is 0 Å². The second-order valence-corrected chi connectivity index (χ2v) is 9.83. The number of alkyl carbamates (subject to hydrolysis) is 1. The number of benzene rings is 1. The van der Waals surface area contributed by atoms with Gasteiger partial charge in [0.2, 0.25) is 11.8 Å². The smallest absolute Gasteiger partial charge is 0.408 e. The van der Waals surface area contributed by atoms with Gasteiger partial charge in [-0.1, -0.05) is 50.6 Å². The molecule has 0 radical (unpaired) electrons. The highest BCUT2D eigenvalue weighted by Gasteiger charge is 2.39. The van der Waals surface area contributed by atoms with E-state index >= 15 is 0 Å². The van der Waals surface area contributed by atoms with Gasteiger partial charge in [0, 0.05) is 12.1 Å². The molecule has 0 saturated carbocycles. The zero-order valence-electron chi connectivity index (χ0n) is 21.1. The maximum atomic E-state index is 13.9. The first-order valence-corrected chi connectivity index (χ1v) is 11.5. The molecule has 1 aromatic carbocycles. The summed E-state index contributed by atoms with van der Waals surface area (Å²) in [6, 6.07) is 7.24. The first-order valence-electron chi connectivity index (χ1n) is 11.5. The van der Waals surface area contributed by atoms with Crippen LogP contribution in [0, 0.1) is 5.92 Å². The van der Waals surface area contributed by atoms with E-state index in [1.165, 1.54) is 0 Å². The number of carbonyl (C=O) groups is 3. The molecule has 0 heterocycles. The first-order chi connectivity index (χ1) is 14.8. The summed E-state index contributed by atoms with van der Waals surface area (Å²) in [5.41, 5.74) is 0.0297. The number of ether oxygens (including phenoxy) is 1. The van der Waals surface area contributed by atoms with Crippen molar-refractivity contribution in [3.05, 3.63) is 35.9 Å². The van der Waals surface area contributed by atoms with Gasteiger partial charge in [0.15, 0.2) is 0 Å². The summed E-state index contributed by atoms with van der Waals surface area (Å²) < 4.78 is 5.40. The van der Waals surface area contributed by atoms with Gasteiger partial charge in [-0.05, 0) is 59.9 Å². The predicted molar refractivity (Wildman–Crippen MR) is 127 cm³/mol. The van der Waals surface area contributed by atoms with Crippen molar-refractivity contribution in [2.24, 2.45) is 5.92 Å². The average molecular weight is 448 g/mol. The molecule has 32 heavy (non-hydrogen) atoms. The summed E-state index contributed by atoms with van der Waals surface area (Å²) in [6.07, 6.45) is 0.0227. The fourth-order valence-corrected chi connectivity index (χ4v) is 3.40. The van der Waals surface area contributed by atoms with Crippen molar-refractivity contribution in [3.8, 4) is 0 Å². The van der Waals surface area contributed by atoms with Crippen LogP contribution >= 0.6 is 0 Å². The van der Waals surface area contributed by atoms with E-state index in [1.807, 2.05) is 71.9 Å². The first kappa shape index (κ1) is 27.5. The lowest BCUT2D eigenvalue weighted by atomic mass is 9.95. The molecule has 7 heteroatoms. The van der Waals surface area contributed by atoms with Gasteiger partial charge in [-0.25, -0.2) is 4.79 Å². The third kappa shape index (κ3) is 8.17. The number of carbonyl (C=O) groups excluding carboxylic acids is 3. The van der Waals surface area contributed by atoms with Gasteiger partial charge in [0.25, 0.3) is 0 Å². The van der Waals surface area contributed by atoms with Gasteiger partial charge < -0.3 is 20.3 Å². The molecule has 0 aliphatic rings. The molecule has 0 aliphatic carbocycles. The van der Waals surface area contributed by atoms with Gasteiger partial charge in [-0.2, -0.15) is 0 Å². The molecule has 3 amide bonds. The minimum atomic E-state index is -0.824. The van der Waals surface area contributed by atoms with Crippen molar-refractivity contribution in [2.45, 2.75) is 98.5 Å². The van der Waals surface area contributed by atoms with Gasteiger partial charge in [-0.3, -0.25) is 9.59 Å². The van der Waals surface area contributed by atoms with Crippen molar-refractivity contribution in [1.29, 1.82) is 0 Å². The number of amides is 3. The Hall–Kier alpha value is -2.57. The lowest BCUT2D eigenvalue weighted by Gasteiger charge is -2.38. The minimum absolute atomic E-state index is 0.0805. The molecule has 0 bridgehead atoms. The Morgan fingerprint density at radius 2 is 1.53 bits per heavy atom. The van der Waals surface area contributed by atoms with Gasteiger partial charge in [-0.15, -0.1) is 0 Å². The number of nitrogens with zero attached hydrogens (tertiary/aromatic N) is 1. The maximum Gasteiger partial charge on any atom is 0.408 e. The van der Waals surface area contributed by atoms with Crippen LogP contribution in [0.15, 0.2) is 30.3 Å². The summed E-state index contributed by atoms with van der Waals surface area (Å²) in [5.74, 6) is -0.720. The zero-order chi connectivity index (χ0) is 24.6. The molecule has 0 aliphatic heterocycles. The second kappa shape index (κ2) is 11.9. The molecule has 0 saturated heterocycles. The molecule has 0 spiro atoms. The summed E-state index contributed by atoms with van der Waals surface area (Å²) in [4.78, 5) is 41.2. The van der Waals surface area contributed by atoms with Crippen molar-refractivity contribution >= 4 is 17.9 Å². The van der Waals surface area contributed by atoms with Gasteiger partial charge in [0.1, 0.15) is 17.7 Å². The van der Waals surface area contributed by atoms with Gasteiger partial charge in [0.05, 0.1) is 0 Å². The maximum absolute atomic E-state index is 13.9. The predicted octanol–water partition coefficient (Wildman–Crippen LogP) is 4.43. The average Bonchev–Trinajstić information content (AvgIpc) is 2.67. The monoisotopic (exact) mass is 447 g/mol. The van der Waals surface area contributed by atoms with E-state index in [-0.39, 0.29) is 29.8 Å². The van der Waals surface area contributed by atoms with E-state index < -0.39 is 23.8 Å². The molecule has 0 fully saturated rings. The van der Waals surface area contributed by atoms with E-state index in [2.05, 4.69) is 10.6 Å². The highest BCUT2D eigenvalue weighted by Crippen LogP contribution is 2.26. The van der Waals surface area contributed by atoms with E-state index in [0.717, 1.165) is 0 Å². The van der Waals surface area contributed by atoms with Crippen molar-refractivity contribution in [1.82, 2.24) is 15.5 Å². The third-order valence-corrected chi connectivity index (χ3v) is 5.03. The fourth-order valence-electron chi connectivity index (χ4n) is 3.40. The largest absolute Gasteiger partial charge is 0.444 e. The number of rotatable bonds is 9. The van der Waals surface area contributed by atoms with E-state index in [4.69, 9.17) is 4.74 Å². The molecule has 3 atom stereocenters. The Labute approximate surface area is 193 Å². The van der Waals surface area contributed by atoms with Crippen LogP contribution in [-0.2, 0) is 14.3 Å². The number of hydrogen-bond donors (Lipinski definition) is 2. The normalized spacial score (nSPS) is 14.5. The molecule has 1 aromatic rings. The quantitative estimate of drug-likeness (QED) is 0.586. The fraction of sp³-hybridized carbons (Fsp3) is 0.640. The van der Waals surface area contributed by atoms with E-state index in [0.29, 0.717) is 12.0 Å². The molecule has 0 aromatic heterocycles. The third-order valence-electron chi connectivity index (χ3n) is 5.03. The zero-order valence-corrected chi connectivity index (χ0v) is 21.1. The molecule has 7 nitrogen and oxygen atoms in total. The van der Waals surface area contributed by atoms with Crippen LogP contribution in [0.5, 0.6) is 0 Å². The van der Waals surface area contributed by atoms with E-state index in [9.17, 15) is 14.4 Å². The minimum Gasteiger partial charge on any atom is -0.444 e. The standard InChI is InChI=1S/C25H41N3O4/c1-10-18(6)20(27-24(31)32-25(7,8)9)23(30)28(17(4)5)21(22(29)26-16(2)3)19-14-12-11-13-15-19/h11-18,20-21H,10H2,1-9H3,(H,26,29)(H,27,31). The van der Waals surface area contributed by atoms with Crippen LogP contribution in [0.1, 0.15) is 80.3 Å². The summed E-state index contributed by atoms with van der Waals surface area (Å²) in [5, 5.41) is 5.70. The molecular weight excluding hydrogens is 406 g/mol. The Morgan fingerprint density at radius 3 is 1.97 bits per heavy atom. The Balaban J connectivity index is 3.41. The van der Waals surface area contributed by atoms with E-state index in [1.54, 1.807) is 25.7 Å².